The number of aryl methyl sites for hydroxylation is 1. The summed E-state index contributed by atoms with van der Waals surface area (Å²) in [7, 11) is 3.24. The van der Waals surface area contributed by atoms with Crippen LogP contribution < -0.4 is 14.4 Å². The maximum absolute atomic E-state index is 13.4. The van der Waals surface area contributed by atoms with Gasteiger partial charge in [-0.1, -0.05) is 36.9 Å². The Balaban J connectivity index is 1.63. The van der Waals surface area contributed by atoms with Gasteiger partial charge in [-0.3, -0.25) is 9.69 Å². The zero-order valence-electron chi connectivity index (χ0n) is 18.8. The molecule has 8 heteroatoms. The summed E-state index contributed by atoms with van der Waals surface area (Å²) in [6.07, 6.45) is 3.86. The second-order valence-corrected chi connectivity index (χ2v) is 9.20. The Morgan fingerprint density at radius 2 is 1.88 bits per heavy atom. The molecule has 0 spiro atoms. The van der Waals surface area contributed by atoms with E-state index in [9.17, 15) is 4.79 Å². The van der Waals surface area contributed by atoms with E-state index in [1.807, 2.05) is 48.5 Å². The first-order valence-corrected chi connectivity index (χ1v) is 12.5. The molecule has 0 unspecified atom stereocenters. The molecule has 2 heterocycles. The molecule has 1 aliphatic rings. The Hall–Kier alpha value is -3.10. The molecule has 1 aliphatic heterocycles. The van der Waals surface area contributed by atoms with Crippen LogP contribution >= 0.6 is 23.1 Å². The molecule has 0 fully saturated rings. The summed E-state index contributed by atoms with van der Waals surface area (Å²) in [5.41, 5.74) is 2.98. The van der Waals surface area contributed by atoms with Crippen molar-refractivity contribution in [2.24, 2.45) is 4.99 Å². The van der Waals surface area contributed by atoms with E-state index in [0.29, 0.717) is 28.1 Å². The zero-order chi connectivity index (χ0) is 23.2. The number of aliphatic imine (C=N–C) groups is 1. The van der Waals surface area contributed by atoms with Gasteiger partial charge < -0.3 is 9.47 Å². The van der Waals surface area contributed by atoms with Crippen molar-refractivity contribution >= 4 is 45.9 Å². The highest BCUT2D eigenvalue weighted by atomic mass is 32.2. The molecule has 0 saturated carbocycles. The number of carbonyl (C=O) groups excluding carboxylic acids is 1. The summed E-state index contributed by atoms with van der Waals surface area (Å²) in [6, 6.07) is 15.0. The Labute approximate surface area is 202 Å². The monoisotopic (exact) mass is 479 g/mol. The van der Waals surface area contributed by atoms with E-state index in [1.165, 1.54) is 11.8 Å². The Morgan fingerprint density at radius 3 is 2.61 bits per heavy atom. The number of nitrogens with zero attached hydrogens (tertiary/aromatic N) is 3. The molecule has 6 nitrogen and oxygen atoms in total. The van der Waals surface area contributed by atoms with E-state index in [2.05, 4.69) is 12.3 Å². The van der Waals surface area contributed by atoms with E-state index in [-0.39, 0.29) is 5.91 Å². The van der Waals surface area contributed by atoms with Crippen LogP contribution in [0.4, 0.5) is 5.69 Å². The lowest BCUT2D eigenvalue weighted by Gasteiger charge is -2.18. The minimum Gasteiger partial charge on any atom is -0.497 e. The lowest BCUT2D eigenvalue weighted by atomic mass is 10.2. The zero-order valence-corrected chi connectivity index (χ0v) is 20.4. The van der Waals surface area contributed by atoms with Crippen LogP contribution in [-0.4, -0.2) is 30.3 Å². The average molecular weight is 480 g/mol. The summed E-state index contributed by atoms with van der Waals surface area (Å²) in [5, 5.41) is 3.85. The molecule has 0 radical (unpaired) electrons. The Kier molecular flexibility index (Phi) is 7.47. The predicted octanol–water partition coefficient (Wildman–Crippen LogP) is 5.79. The fourth-order valence-electron chi connectivity index (χ4n) is 3.31. The van der Waals surface area contributed by atoms with Crippen LogP contribution in [0.5, 0.6) is 11.5 Å². The maximum atomic E-state index is 13.4. The van der Waals surface area contributed by atoms with Gasteiger partial charge in [0.15, 0.2) is 5.17 Å². The molecule has 0 bridgehead atoms. The largest absolute Gasteiger partial charge is 0.497 e. The molecule has 0 N–H and O–H groups in total. The van der Waals surface area contributed by atoms with Crippen LogP contribution in [0.2, 0.25) is 0 Å². The highest BCUT2D eigenvalue weighted by molar-refractivity contribution is 8.13. The lowest BCUT2D eigenvalue weighted by molar-refractivity contribution is -0.113. The van der Waals surface area contributed by atoms with E-state index in [0.717, 1.165) is 34.9 Å². The van der Waals surface area contributed by atoms with Crippen LogP contribution in [0, 0.1) is 0 Å². The van der Waals surface area contributed by atoms with E-state index >= 15 is 0 Å². The van der Waals surface area contributed by atoms with Gasteiger partial charge in [0.05, 0.1) is 30.6 Å². The summed E-state index contributed by atoms with van der Waals surface area (Å²) in [6.45, 7) is 2.15. The molecule has 0 atom stereocenters. The molecular weight excluding hydrogens is 454 g/mol. The van der Waals surface area contributed by atoms with Crippen LogP contribution in [0.15, 0.2) is 64.6 Å². The van der Waals surface area contributed by atoms with Crippen molar-refractivity contribution < 1.29 is 14.3 Å². The molecule has 170 valence electrons. The number of thioether (sulfide) groups is 1. The van der Waals surface area contributed by atoms with Gasteiger partial charge in [0, 0.05) is 17.2 Å². The lowest BCUT2D eigenvalue weighted by Crippen LogP contribution is -2.30. The highest BCUT2D eigenvalue weighted by Crippen LogP contribution is 2.32. The smallest absolute Gasteiger partial charge is 0.283 e. The molecule has 1 aromatic heterocycles. The normalized spacial score (nSPS) is 14.6. The number of methoxy groups -OCH3 is 2. The highest BCUT2D eigenvalue weighted by Gasteiger charge is 2.32. The maximum Gasteiger partial charge on any atom is 0.283 e. The molecule has 3 aromatic rings. The number of anilines is 1. The molecular formula is C25H25N3O3S2. The predicted molar refractivity (Wildman–Crippen MR) is 136 cm³/mol. The second-order valence-electron chi connectivity index (χ2n) is 7.31. The number of hydrogen-bond acceptors (Lipinski definition) is 7. The molecule has 0 saturated heterocycles. The first-order valence-electron chi connectivity index (χ1n) is 10.6. The van der Waals surface area contributed by atoms with E-state index in [1.54, 1.807) is 36.5 Å². The summed E-state index contributed by atoms with van der Waals surface area (Å²) >= 11 is 3.19. The number of ether oxygens (including phenoxy) is 2. The quantitative estimate of drug-likeness (QED) is 0.383. The average Bonchev–Trinajstić information content (AvgIpc) is 3.42. The van der Waals surface area contributed by atoms with Gasteiger partial charge in [0.25, 0.3) is 5.91 Å². The number of carbonyl (C=O) groups is 1. The summed E-state index contributed by atoms with van der Waals surface area (Å²) < 4.78 is 10.6. The Bertz CT molecular complexity index is 1190. The van der Waals surface area contributed by atoms with Crippen molar-refractivity contribution in [3.63, 3.8) is 0 Å². The molecule has 0 aliphatic carbocycles. The number of rotatable bonds is 8. The van der Waals surface area contributed by atoms with Crippen LogP contribution in [-0.2, 0) is 17.0 Å². The summed E-state index contributed by atoms with van der Waals surface area (Å²) in [5.74, 6) is 1.91. The fraction of sp³-hybridized carbons (Fsp3) is 0.240. The van der Waals surface area contributed by atoms with Gasteiger partial charge in [0.2, 0.25) is 0 Å². The third kappa shape index (κ3) is 5.46. The number of hydrogen-bond donors (Lipinski definition) is 0. The first-order chi connectivity index (χ1) is 16.1. The number of amides is 1. The number of benzene rings is 2. The van der Waals surface area contributed by atoms with Crippen LogP contribution in [0.3, 0.4) is 0 Å². The summed E-state index contributed by atoms with van der Waals surface area (Å²) in [4.78, 5) is 24.4. The third-order valence-corrected chi connectivity index (χ3v) is 6.90. The molecule has 33 heavy (non-hydrogen) atoms. The van der Waals surface area contributed by atoms with Gasteiger partial charge in [-0.15, -0.1) is 11.3 Å². The standard InChI is InChI=1S/C25H25N3O3S2/c1-4-6-23-26-18(15-32-23)16-33-25-27-22(13-17-9-11-20(30-2)12-10-17)24(29)28(25)19-7-5-8-21(14-19)31-3/h5,7-15H,4,6,16H2,1-3H3. The third-order valence-electron chi connectivity index (χ3n) is 4.97. The van der Waals surface area contributed by atoms with Gasteiger partial charge in [-0.25, -0.2) is 9.98 Å². The number of amidine groups is 1. The van der Waals surface area contributed by atoms with Crippen molar-refractivity contribution in [2.45, 2.75) is 25.5 Å². The van der Waals surface area contributed by atoms with Crippen molar-refractivity contribution in [2.75, 3.05) is 19.1 Å². The first kappa shape index (κ1) is 23.1. The minimum absolute atomic E-state index is 0.175. The number of thiazole rings is 1. The molecule has 2 aromatic carbocycles. The number of aromatic nitrogens is 1. The van der Waals surface area contributed by atoms with Crippen molar-refractivity contribution in [3.05, 3.63) is 75.9 Å². The van der Waals surface area contributed by atoms with Gasteiger partial charge in [0.1, 0.15) is 17.2 Å². The topological polar surface area (TPSA) is 64.0 Å². The second kappa shape index (κ2) is 10.7. The van der Waals surface area contributed by atoms with Crippen molar-refractivity contribution in [3.8, 4) is 11.5 Å². The molecule has 4 rings (SSSR count). The fourth-order valence-corrected chi connectivity index (χ4v) is 5.22. The van der Waals surface area contributed by atoms with Crippen molar-refractivity contribution in [1.82, 2.24) is 4.98 Å². The van der Waals surface area contributed by atoms with Gasteiger partial charge in [-0.2, -0.15) is 0 Å². The van der Waals surface area contributed by atoms with Gasteiger partial charge in [-0.05, 0) is 48.7 Å². The minimum atomic E-state index is -0.175. The molecule has 1 amide bonds. The van der Waals surface area contributed by atoms with Crippen LogP contribution in [0.25, 0.3) is 6.08 Å². The van der Waals surface area contributed by atoms with Crippen molar-refractivity contribution in [1.29, 1.82) is 0 Å². The van der Waals surface area contributed by atoms with Crippen LogP contribution in [0.1, 0.15) is 29.6 Å². The van der Waals surface area contributed by atoms with E-state index in [4.69, 9.17) is 19.5 Å². The van der Waals surface area contributed by atoms with E-state index < -0.39 is 0 Å². The van der Waals surface area contributed by atoms with Gasteiger partial charge >= 0.3 is 0 Å². The SMILES string of the molecule is CCCc1nc(CSC2=NC(=Cc3ccc(OC)cc3)C(=O)N2c2cccc(OC)c2)cs1. The Morgan fingerprint density at radius 1 is 1.09 bits per heavy atom.